The molecule has 9 heteroatoms. The normalized spacial score (nSPS) is 11.2. The number of carbonyl (C=O) groups excluding carboxylic acids is 2. The molecular formula is C21H18F3N3O3. The van der Waals surface area contributed by atoms with Crippen LogP contribution in [0.4, 0.5) is 18.9 Å². The maximum absolute atomic E-state index is 13.2. The quantitative estimate of drug-likeness (QED) is 0.615. The molecule has 1 amide bonds. The van der Waals surface area contributed by atoms with E-state index < -0.39 is 29.2 Å². The van der Waals surface area contributed by atoms with Gasteiger partial charge in [0.1, 0.15) is 5.56 Å². The molecule has 0 unspecified atom stereocenters. The zero-order valence-electron chi connectivity index (χ0n) is 16.2. The molecule has 0 fully saturated rings. The Labute approximate surface area is 170 Å². The van der Waals surface area contributed by atoms with E-state index in [0.717, 1.165) is 12.1 Å². The highest BCUT2D eigenvalue weighted by molar-refractivity contribution is 6.05. The summed E-state index contributed by atoms with van der Waals surface area (Å²) in [6.45, 7) is 3.61. The number of nitrogens with one attached hydrogen (secondary N) is 1. The topological polar surface area (TPSA) is 73.2 Å². The molecule has 1 N–H and O–H groups in total. The number of anilines is 1. The summed E-state index contributed by atoms with van der Waals surface area (Å²) in [6.07, 6.45) is -3.27. The number of hydrogen-bond donors (Lipinski definition) is 1. The van der Waals surface area contributed by atoms with Crippen LogP contribution in [0, 0.1) is 6.92 Å². The Kier molecular flexibility index (Phi) is 5.91. The lowest BCUT2D eigenvalue weighted by Gasteiger charge is -2.13. The van der Waals surface area contributed by atoms with Crippen molar-refractivity contribution in [1.82, 2.24) is 9.78 Å². The monoisotopic (exact) mass is 417 g/mol. The standard InChI is InChI=1S/C21H18F3N3O3/c1-3-30-20(29)17-12-25-27(13(17)2)15-8-6-7-14(11-15)26-19(28)16-9-4-5-10-18(16)21(22,23)24/h4-12H,3H2,1-2H3,(H,26,28). The SMILES string of the molecule is CCOC(=O)c1cnn(-c2cccc(NC(=O)c3ccccc3C(F)(F)F)c2)c1C. The molecule has 0 aliphatic rings. The summed E-state index contributed by atoms with van der Waals surface area (Å²) >= 11 is 0. The number of aromatic nitrogens is 2. The van der Waals surface area contributed by atoms with Gasteiger partial charge < -0.3 is 10.1 Å². The first-order valence-corrected chi connectivity index (χ1v) is 9.02. The molecule has 0 spiro atoms. The van der Waals surface area contributed by atoms with Crippen molar-refractivity contribution in [2.75, 3.05) is 11.9 Å². The second kappa shape index (κ2) is 8.40. The van der Waals surface area contributed by atoms with Crippen molar-refractivity contribution in [2.24, 2.45) is 0 Å². The zero-order chi connectivity index (χ0) is 21.9. The number of carbonyl (C=O) groups is 2. The second-order valence-electron chi connectivity index (χ2n) is 6.32. The number of nitrogens with zero attached hydrogens (tertiary/aromatic N) is 2. The second-order valence-corrected chi connectivity index (χ2v) is 6.32. The van der Waals surface area contributed by atoms with Crippen LogP contribution in [0.2, 0.25) is 0 Å². The molecule has 0 saturated carbocycles. The summed E-state index contributed by atoms with van der Waals surface area (Å²) in [4.78, 5) is 24.4. The Morgan fingerprint density at radius 3 is 2.53 bits per heavy atom. The van der Waals surface area contributed by atoms with Crippen LogP contribution in [0.1, 0.15) is 38.9 Å². The summed E-state index contributed by atoms with van der Waals surface area (Å²) in [7, 11) is 0. The number of ether oxygens (including phenoxy) is 1. The van der Waals surface area contributed by atoms with Gasteiger partial charge in [0.25, 0.3) is 5.91 Å². The highest BCUT2D eigenvalue weighted by Gasteiger charge is 2.34. The van der Waals surface area contributed by atoms with E-state index in [1.165, 1.54) is 23.0 Å². The Morgan fingerprint density at radius 1 is 1.10 bits per heavy atom. The molecule has 2 aromatic carbocycles. The number of hydrogen-bond acceptors (Lipinski definition) is 4. The fourth-order valence-electron chi connectivity index (χ4n) is 2.92. The van der Waals surface area contributed by atoms with Gasteiger partial charge in [-0.2, -0.15) is 18.3 Å². The lowest BCUT2D eigenvalue weighted by molar-refractivity contribution is -0.137. The van der Waals surface area contributed by atoms with Gasteiger partial charge in [-0.05, 0) is 44.2 Å². The summed E-state index contributed by atoms with van der Waals surface area (Å²) < 4.78 is 46.0. The first-order valence-electron chi connectivity index (χ1n) is 9.02. The van der Waals surface area contributed by atoms with Gasteiger partial charge in [0.05, 0.1) is 35.3 Å². The van der Waals surface area contributed by atoms with E-state index in [-0.39, 0.29) is 12.3 Å². The van der Waals surface area contributed by atoms with Gasteiger partial charge >= 0.3 is 12.1 Å². The number of benzene rings is 2. The molecule has 0 aliphatic carbocycles. The van der Waals surface area contributed by atoms with Crippen LogP contribution in [0.25, 0.3) is 5.69 Å². The third kappa shape index (κ3) is 4.35. The van der Waals surface area contributed by atoms with Crippen LogP contribution in [-0.4, -0.2) is 28.3 Å². The fourth-order valence-corrected chi connectivity index (χ4v) is 2.92. The highest BCUT2D eigenvalue weighted by Crippen LogP contribution is 2.32. The van der Waals surface area contributed by atoms with Gasteiger partial charge in [-0.3, -0.25) is 4.79 Å². The predicted octanol–water partition coefficient (Wildman–Crippen LogP) is 4.63. The molecule has 1 aromatic heterocycles. The Bertz CT molecular complexity index is 1090. The molecule has 30 heavy (non-hydrogen) atoms. The van der Waals surface area contributed by atoms with Gasteiger partial charge in [0, 0.05) is 5.69 Å². The average molecular weight is 417 g/mol. The van der Waals surface area contributed by atoms with Gasteiger partial charge in [-0.25, -0.2) is 9.48 Å². The summed E-state index contributed by atoms with van der Waals surface area (Å²) in [5.41, 5.74) is 0.132. The minimum absolute atomic E-state index is 0.227. The molecule has 3 aromatic rings. The van der Waals surface area contributed by atoms with Gasteiger partial charge in [0.15, 0.2) is 0 Å². The fraction of sp³-hybridized carbons (Fsp3) is 0.190. The van der Waals surface area contributed by atoms with Crippen LogP contribution in [-0.2, 0) is 10.9 Å². The largest absolute Gasteiger partial charge is 0.462 e. The van der Waals surface area contributed by atoms with Crippen molar-refractivity contribution in [2.45, 2.75) is 20.0 Å². The number of esters is 1. The van der Waals surface area contributed by atoms with E-state index in [1.807, 2.05) is 0 Å². The maximum atomic E-state index is 13.2. The summed E-state index contributed by atoms with van der Waals surface area (Å²) in [5.74, 6) is -1.39. The van der Waals surface area contributed by atoms with Crippen LogP contribution >= 0.6 is 0 Å². The van der Waals surface area contributed by atoms with Crippen molar-refractivity contribution in [3.63, 3.8) is 0 Å². The molecule has 6 nitrogen and oxygen atoms in total. The summed E-state index contributed by atoms with van der Waals surface area (Å²) in [6, 6.07) is 11.0. The molecule has 0 radical (unpaired) electrons. The average Bonchev–Trinajstić information content (AvgIpc) is 3.09. The van der Waals surface area contributed by atoms with Crippen molar-refractivity contribution in [1.29, 1.82) is 0 Å². The van der Waals surface area contributed by atoms with Crippen LogP contribution < -0.4 is 5.32 Å². The van der Waals surface area contributed by atoms with E-state index in [0.29, 0.717) is 16.9 Å². The first-order chi connectivity index (χ1) is 14.2. The molecular weight excluding hydrogens is 399 g/mol. The van der Waals surface area contributed by atoms with E-state index in [2.05, 4.69) is 10.4 Å². The molecule has 0 saturated heterocycles. The smallest absolute Gasteiger partial charge is 0.417 e. The molecule has 1 heterocycles. The summed E-state index contributed by atoms with van der Waals surface area (Å²) in [5, 5.41) is 6.65. The maximum Gasteiger partial charge on any atom is 0.417 e. The Morgan fingerprint density at radius 2 is 1.83 bits per heavy atom. The number of amides is 1. The van der Waals surface area contributed by atoms with Gasteiger partial charge in [-0.1, -0.05) is 18.2 Å². The third-order valence-corrected chi connectivity index (χ3v) is 4.33. The number of rotatable bonds is 5. The lowest BCUT2D eigenvalue weighted by Crippen LogP contribution is -2.18. The number of alkyl halides is 3. The molecule has 0 aliphatic heterocycles. The molecule has 3 rings (SSSR count). The van der Waals surface area contributed by atoms with Crippen LogP contribution in [0.15, 0.2) is 54.7 Å². The predicted molar refractivity (Wildman–Crippen MR) is 104 cm³/mol. The first kappa shape index (κ1) is 21.1. The molecule has 156 valence electrons. The third-order valence-electron chi connectivity index (χ3n) is 4.33. The van der Waals surface area contributed by atoms with Crippen molar-refractivity contribution >= 4 is 17.6 Å². The van der Waals surface area contributed by atoms with Gasteiger partial charge in [-0.15, -0.1) is 0 Å². The van der Waals surface area contributed by atoms with E-state index in [4.69, 9.17) is 4.74 Å². The van der Waals surface area contributed by atoms with E-state index >= 15 is 0 Å². The highest BCUT2D eigenvalue weighted by atomic mass is 19.4. The lowest BCUT2D eigenvalue weighted by atomic mass is 10.1. The zero-order valence-corrected chi connectivity index (χ0v) is 16.2. The van der Waals surface area contributed by atoms with Crippen molar-refractivity contribution in [3.8, 4) is 5.69 Å². The van der Waals surface area contributed by atoms with E-state index in [9.17, 15) is 22.8 Å². The minimum atomic E-state index is -4.65. The van der Waals surface area contributed by atoms with Crippen LogP contribution in [0.5, 0.6) is 0 Å². The van der Waals surface area contributed by atoms with Crippen molar-refractivity contribution in [3.05, 3.63) is 77.1 Å². The van der Waals surface area contributed by atoms with Gasteiger partial charge in [0.2, 0.25) is 0 Å². The molecule has 0 atom stereocenters. The van der Waals surface area contributed by atoms with Crippen molar-refractivity contribution < 1.29 is 27.5 Å². The van der Waals surface area contributed by atoms with E-state index in [1.54, 1.807) is 38.1 Å². The van der Waals surface area contributed by atoms with Crippen LogP contribution in [0.3, 0.4) is 0 Å². The Hall–Kier alpha value is -3.62. The Balaban J connectivity index is 1.88. The number of halogens is 3. The molecule has 0 bridgehead atoms. The minimum Gasteiger partial charge on any atom is -0.462 e.